The first kappa shape index (κ1) is 21.3. The van der Waals surface area contributed by atoms with Crippen LogP contribution >= 0.6 is 12.1 Å². The maximum Gasteiger partial charge on any atom is 0.269 e. The molecule has 0 aromatic carbocycles. The predicted octanol–water partition coefficient (Wildman–Crippen LogP) is 1.88. The van der Waals surface area contributed by atoms with E-state index in [1.807, 2.05) is 24.0 Å². The summed E-state index contributed by atoms with van der Waals surface area (Å²) in [7, 11) is 1.50. The SMILES string of the molecule is CCNSNc1cc(CN2CCN(c3ccc(C(=O)NC)nc3F)CC2)ccn1. The lowest BCUT2D eigenvalue weighted by Crippen LogP contribution is -2.46. The van der Waals surface area contributed by atoms with E-state index in [1.54, 1.807) is 18.3 Å². The summed E-state index contributed by atoms with van der Waals surface area (Å²) in [5.41, 5.74) is 1.70. The third-order valence-corrected chi connectivity index (χ3v) is 5.35. The van der Waals surface area contributed by atoms with Crippen LogP contribution in [0.2, 0.25) is 0 Å². The fourth-order valence-corrected chi connectivity index (χ4v) is 3.54. The highest BCUT2D eigenvalue weighted by atomic mass is 32.2. The topological polar surface area (TPSA) is 85.4 Å². The smallest absolute Gasteiger partial charge is 0.269 e. The summed E-state index contributed by atoms with van der Waals surface area (Å²) in [6, 6.07) is 7.24. The number of pyridine rings is 2. The van der Waals surface area contributed by atoms with Gasteiger partial charge in [-0.2, -0.15) is 4.39 Å². The van der Waals surface area contributed by atoms with Crippen molar-refractivity contribution in [2.24, 2.45) is 0 Å². The van der Waals surface area contributed by atoms with E-state index in [4.69, 9.17) is 0 Å². The first-order valence-corrected chi connectivity index (χ1v) is 10.4. The molecular formula is C19H26FN7OS. The molecule has 0 aliphatic carbocycles. The molecule has 29 heavy (non-hydrogen) atoms. The number of carbonyl (C=O) groups excluding carboxylic acids is 1. The fraction of sp³-hybridized carbons (Fsp3) is 0.421. The average molecular weight is 420 g/mol. The summed E-state index contributed by atoms with van der Waals surface area (Å²) in [5.74, 6) is -0.186. The fourth-order valence-electron chi connectivity index (χ4n) is 3.11. The Balaban J connectivity index is 1.54. The maximum absolute atomic E-state index is 14.4. The van der Waals surface area contributed by atoms with Crippen LogP contribution in [0.3, 0.4) is 0 Å². The van der Waals surface area contributed by atoms with Crippen LogP contribution in [-0.2, 0) is 6.54 Å². The predicted molar refractivity (Wildman–Crippen MR) is 114 cm³/mol. The Hall–Kier alpha value is -2.43. The number of aromatic nitrogens is 2. The number of piperazine rings is 1. The molecular weight excluding hydrogens is 393 g/mol. The van der Waals surface area contributed by atoms with Gasteiger partial charge in [-0.3, -0.25) is 9.69 Å². The zero-order valence-electron chi connectivity index (χ0n) is 16.6. The minimum atomic E-state index is -0.609. The van der Waals surface area contributed by atoms with E-state index < -0.39 is 11.9 Å². The number of carbonyl (C=O) groups is 1. The summed E-state index contributed by atoms with van der Waals surface area (Å²) in [4.78, 5) is 24.0. The van der Waals surface area contributed by atoms with Crippen LogP contribution in [0.4, 0.5) is 15.9 Å². The van der Waals surface area contributed by atoms with Crippen LogP contribution in [0, 0.1) is 5.95 Å². The van der Waals surface area contributed by atoms with Gasteiger partial charge in [0.15, 0.2) is 0 Å². The zero-order chi connectivity index (χ0) is 20.6. The number of nitrogens with zero attached hydrogens (tertiary/aromatic N) is 4. The summed E-state index contributed by atoms with van der Waals surface area (Å²) >= 11 is 1.42. The molecule has 2 aromatic rings. The molecule has 1 aliphatic rings. The van der Waals surface area contributed by atoms with Crippen molar-refractivity contribution in [2.75, 3.05) is 49.4 Å². The van der Waals surface area contributed by atoms with E-state index in [0.29, 0.717) is 18.8 Å². The van der Waals surface area contributed by atoms with E-state index in [0.717, 1.165) is 32.0 Å². The lowest BCUT2D eigenvalue weighted by Gasteiger charge is -2.36. The molecule has 3 N–H and O–H groups in total. The molecule has 0 atom stereocenters. The van der Waals surface area contributed by atoms with Crippen molar-refractivity contribution in [3.8, 4) is 0 Å². The van der Waals surface area contributed by atoms with Gasteiger partial charge in [-0.25, -0.2) is 14.7 Å². The first-order valence-electron chi connectivity index (χ1n) is 9.56. The Bertz CT molecular complexity index is 830. The van der Waals surface area contributed by atoms with Crippen LogP contribution in [0.1, 0.15) is 23.0 Å². The Labute approximate surface area is 174 Å². The minimum absolute atomic E-state index is 0.0850. The van der Waals surface area contributed by atoms with Gasteiger partial charge in [-0.15, -0.1) is 0 Å². The molecule has 0 bridgehead atoms. The van der Waals surface area contributed by atoms with E-state index in [2.05, 4.69) is 29.6 Å². The maximum atomic E-state index is 14.4. The second kappa shape index (κ2) is 10.4. The average Bonchev–Trinajstić information content (AvgIpc) is 2.74. The highest BCUT2D eigenvalue weighted by Gasteiger charge is 2.21. The van der Waals surface area contributed by atoms with Crippen molar-refractivity contribution >= 4 is 29.5 Å². The molecule has 0 unspecified atom stereocenters. The quantitative estimate of drug-likeness (QED) is 0.340. The van der Waals surface area contributed by atoms with Crippen LogP contribution in [0.15, 0.2) is 30.5 Å². The minimum Gasteiger partial charge on any atom is -0.365 e. The van der Waals surface area contributed by atoms with Gasteiger partial charge in [-0.05, 0) is 29.8 Å². The Morgan fingerprint density at radius 1 is 1.24 bits per heavy atom. The van der Waals surface area contributed by atoms with E-state index in [1.165, 1.54) is 24.7 Å². The van der Waals surface area contributed by atoms with Crippen LogP contribution in [0.5, 0.6) is 0 Å². The van der Waals surface area contributed by atoms with E-state index in [-0.39, 0.29) is 5.69 Å². The molecule has 1 saturated heterocycles. The van der Waals surface area contributed by atoms with Crippen LogP contribution < -0.4 is 19.7 Å². The second-order valence-corrected chi connectivity index (χ2v) is 7.30. The van der Waals surface area contributed by atoms with Gasteiger partial charge in [0.25, 0.3) is 5.91 Å². The van der Waals surface area contributed by atoms with Crippen molar-refractivity contribution in [3.05, 3.63) is 47.7 Å². The third kappa shape index (κ3) is 5.78. The molecule has 0 saturated carbocycles. The summed E-state index contributed by atoms with van der Waals surface area (Å²) in [6.45, 7) is 6.74. The lowest BCUT2D eigenvalue weighted by atomic mass is 10.2. The Kier molecular flexibility index (Phi) is 7.62. The number of rotatable bonds is 8. The molecule has 156 valence electrons. The molecule has 3 rings (SSSR count). The Morgan fingerprint density at radius 2 is 2.03 bits per heavy atom. The molecule has 1 aliphatic heterocycles. The standard InChI is InChI=1S/C19H26FN7OS/c1-3-23-29-25-17-12-14(6-7-22-17)13-26-8-10-27(11-9-26)16-5-4-15(19(28)21-2)24-18(16)20/h4-7,12,23H,3,8-11,13H2,1-2H3,(H,21,28)(H,22,25). The van der Waals surface area contributed by atoms with E-state index >= 15 is 0 Å². The molecule has 0 spiro atoms. The number of nitrogens with one attached hydrogen (secondary N) is 3. The molecule has 3 heterocycles. The monoisotopic (exact) mass is 419 g/mol. The molecule has 1 fully saturated rings. The largest absolute Gasteiger partial charge is 0.365 e. The van der Waals surface area contributed by atoms with Crippen LogP contribution in [-0.4, -0.2) is 60.5 Å². The van der Waals surface area contributed by atoms with Crippen molar-refractivity contribution in [3.63, 3.8) is 0 Å². The third-order valence-electron chi connectivity index (χ3n) is 4.60. The van der Waals surface area contributed by atoms with Gasteiger partial charge in [0.05, 0.1) is 5.69 Å². The van der Waals surface area contributed by atoms with Crippen molar-refractivity contribution in [1.29, 1.82) is 0 Å². The number of hydrogen-bond acceptors (Lipinski definition) is 8. The molecule has 2 aromatic heterocycles. The van der Waals surface area contributed by atoms with Gasteiger partial charge in [0.2, 0.25) is 5.95 Å². The lowest BCUT2D eigenvalue weighted by molar-refractivity contribution is 0.0957. The second-order valence-electron chi connectivity index (χ2n) is 6.60. The van der Waals surface area contributed by atoms with Gasteiger partial charge in [0, 0.05) is 64.6 Å². The van der Waals surface area contributed by atoms with Gasteiger partial charge < -0.3 is 14.9 Å². The summed E-state index contributed by atoms with van der Waals surface area (Å²) < 4.78 is 20.7. The molecule has 0 radical (unpaired) electrons. The van der Waals surface area contributed by atoms with Crippen molar-refractivity contribution < 1.29 is 9.18 Å². The van der Waals surface area contributed by atoms with Crippen molar-refractivity contribution in [1.82, 2.24) is 24.9 Å². The van der Waals surface area contributed by atoms with Gasteiger partial charge >= 0.3 is 0 Å². The number of amides is 1. The highest BCUT2D eigenvalue weighted by Crippen LogP contribution is 2.21. The number of halogens is 1. The Morgan fingerprint density at radius 3 is 2.72 bits per heavy atom. The van der Waals surface area contributed by atoms with Crippen molar-refractivity contribution in [2.45, 2.75) is 13.5 Å². The normalized spacial score (nSPS) is 14.7. The van der Waals surface area contributed by atoms with Gasteiger partial charge in [-0.1, -0.05) is 6.92 Å². The van der Waals surface area contributed by atoms with Crippen LogP contribution in [0.25, 0.3) is 0 Å². The summed E-state index contributed by atoms with van der Waals surface area (Å²) in [6.07, 6.45) is 1.80. The number of anilines is 2. The first-order chi connectivity index (χ1) is 14.1. The van der Waals surface area contributed by atoms with Gasteiger partial charge in [0.1, 0.15) is 11.5 Å². The molecule has 10 heteroatoms. The summed E-state index contributed by atoms with van der Waals surface area (Å²) in [5, 5.41) is 2.45. The zero-order valence-corrected chi connectivity index (χ0v) is 17.4. The molecule has 1 amide bonds. The number of hydrogen-bond donors (Lipinski definition) is 3. The van der Waals surface area contributed by atoms with E-state index in [9.17, 15) is 9.18 Å². The molecule has 8 nitrogen and oxygen atoms in total. The highest BCUT2D eigenvalue weighted by molar-refractivity contribution is 7.98.